The Morgan fingerprint density at radius 3 is 2.62 bits per heavy atom. The Hall–Kier alpha value is -1.06. The van der Waals surface area contributed by atoms with E-state index in [0.717, 1.165) is 32.3 Å². The second-order valence-corrected chi connectivity index (χ2v) is 4.23. The van der Waals surface area contributed by atoms with E-state index in [1.807, 2.05) is 0 Å². The van der Waals surface area contributed by atoms with Gasteiger partial charge in [-0.05, 0) is 12.8 Å². The maximum Gasteiger partial charge on any atom is 0.222 e. The first-order valence-corrected chi connectivity index (χ1v) is 4.60. The minimum atomic E-state index is 0.148. The fourth-order valence-corrected chi connectivity index (χ4v) is 2.52. The molecule has 0 aromatic heterocycles. The van der Waals surface area contributed by atoms with Gasteiger partial charge in [0.1, 0.15) is 0 Å². The SMILES string of the molecule is CNC(=O)C1CC2(C1)CN(C=O)C2. The van der Waals surface area contributed by atoms with Gasteiger partial charge in [0.25, 0.3) is 0 Å². The van der Waals surface area contributed by atoms with Crippen LogP contribution in [0, 0.1) is 11.3 Å². The molecule has 0 atom stereocenters. The fourth-order valence-electron chi connectivity index (χ4n) is 2.52. The molecule has 0 unspecified atom stereocenters. The molecule has 1 aliphatic heterocycles. The number of nitrogens with zero attached hydrogens (tertiary/aromatic N) is 1. The van der Waals surface area contributed by atoms with Crippen molar-refractivity contribution in [2.24, 2.45) is 11.3 Å². The third-order valence-corrected chi connectivity index (χ3v) is 3.20. The summed E-state index contributed by atoms with van der Waals surface area (Å²) in [5.74, 6) is 0.342. The van der Waals surface area contributed by atoms with Crippen LogP contribution in [0.3, 0.4) is 0 Å². The Balaban J connectivity index is 1.79. The molecule has 4 heteroatoms. The lowest BCUT2D eigenvalue weighted by molar-refractivity contribution is -0.150. The highest BCUT2D eigenvalue weighted by Gasteiger charge is 2.53. The first-order chi connectivity index (χ1) is 6.19. The van der Waals surface area contributed by atoms with Gasteiger partial charge in [0.05, 0.1) is 0 Å². The van der Waals surface area contributed by atoms with E-state index in [1.165, 1.54) is 0 Å². The number of rotatable bonds is 2. The van der Waals surface area contributed by atoms with E-state index in [1.54, 1.807) is 11.9 Å². The molecule has 1 spiro atoms. The number of carbonyl (C=O) groups is 2. The van der Waals surface area contributed by atoms with Crippen molar-refractivity contribution in [3.63, 3.8) is 0 Å². The van der Waals surface area contributed by atoms with Crippen molar-refractivity contribution >= 4 is 12.3 Å². The standard InChI is InChI=1S/C9H14N2O2/c1-10-8(13)7-2-9(3-7)4-11(5-9)6-12/h6-7H,2-5H2,1H3,(H,10,13). The predicted molar refractivity (Wildman–Crippen MR) is 46.9 cm³/mol. The molecular formula is C9H14N2O2. The number of likely N-dealkylation sites (tertiary alicyclic amines) is 1. The van der Waals surface area contributed by atoms with E-state index in [0.29, 0.717) is 5.41 Å². The highest BCUT2D eigenvalue weighted by molar-refractivity contribution is 5.79. The molecule has 13 heavy (non-hydrogen) atoms. The Morgan fingerprint density at radius 1 is 1.54 bits per heavy atom. The number of amides is 2. The van der Waals surface area contributed by atoms with Gasteiger partial charge in [-0.25, -0.2) is 0 Å². The first-order valence-electron chi connectivity index (χ1n) is 4.60. The van der Waals surface area contributed by atoms with Gasteiger partial charge in [-0.2, -0.15) is 0 Å². The van der Waals surface area contributed by atoms with Crippen LogP contribution >= 0.6 is 0 Å². The summed E-state index contributed by atoms with van der Waals surface area (Å²) in [6, 6.07) is 0. The van der Waals surface area contributed by atoms with Crippen molar-refractivity contribution in [2.45, 2.75) is 12.8 Å². The zero-order chi connectivity index (χ0) is 9.47. The van der Waals surface area contributed by atoms with Crippen LogP contribution in [0.5, 0.6) is 0 Å². The zero-order valence-corrected chi connectivity index (χ0v) is 7.75. The molecule has 0 bridgehead atoms. The van der Waals surface area contributed by atoms with Crippen LogP contribution in [0.4, 0.5) is 0 Å². The van der Waals surface area contributed by atoms with Gasteiger partial charge in [0, 0.05) is 31.5 Å². The van der Waals surface area contributed by atoms with Crippen LogP contribution in [-0.4, -0.2) is 37.4 Å². The number of hydrogen-bond donors (Lipinski definition) is 1. The third kappa shape index (κ3) is 1.20. The lowest BCUT2D eigenvalue weighted by Crippen LogP contribution is -2.63. The largest absolute Gasteiger partial charge is 0.359 e. The molecule has 4 nitrogen and oxygen atoms in total. The molecule has 1 saturated carbocycles. The molecule has 1 saturated heterocycles. The van der Waals surface area contributed by atoms with Crippen molar-refractivity contribution in [1.82, 2.24) is 10.2 Å². The van der Waals surface area contributed by atoms with E-state index in [9.17, 15) is 9.59 Å². The Bertz CT molecular complexity index is 238. The summed E-state index contributed by atoms with van der Waals surface area (Å²) in [5, 5.41) is 2.66. The Morgan fingerprint density at radius 2 is 2.15 bits per heavy atom. The molecule has 0 aromatic carbocycles. The molecule has 2 fully saturated rings. The molecule has 1 aliphatic carbocycles. The highest BCUT2D eigenvalue weighted by Crippen LogP contribution is 2.51. The van der Waals surface area contributed by atoms with E-state index >= 15 is 0 Å². The summed E-state index contributed by atoms with van der Waals surface area (Å²) in [5.41, 5.74) is 0.304. The van der Waals surface area contributed by atoms with Crippen LogP contribution in [-0.2, 0) is 9.59 Å². The smallest absolute Gasteiger partial charge is 0.222 e. The summed E-state index contributed by atoms with van der Waals surface area (Å²) in [6.07, 6.45) is 2.80. The van der Waals surface area contributed by atoms with Crippen LogP contribution in [0.2, 0.25) is 0 Å². The normalized spacial score (nSPS) is 24.8. The lowest BCUT2D eigenvalue weighted by Gasteiger charge is -2.57. The summed E-state index contributed by atoms with van der Waals surface area (Å²) in [4.78, 5) is 23.3. The number of carbonyl (C=O) groups excluding carboxylic acids is 2. The molecule has 2 rings (SSSR count). The minimum absolute atomic E-state index is 0.148. The van der Waals surface area contributed by atoms with E-state index in [2.05, 4.69) is 5.32 Å². The predicted octanol–water partition coefficient (Wildman–Crippen LogP) is -0.399. The van der Waals surface area contributed by atoms with Crippen molar-refractivity contribution in [3.8, 4) is 0 Å². The molecule has 1 heterocycles. The maximum absolute atomic E-state index is 11.2. The molecule has 72 valence electrons. The second kappa shape index (κ2) is 2.72. The van der Waals surface area contributed by atoms with E-state index in [4.69, 9.17) is 0 Å². The summed E-state index contributed by atoms with van der Waals surface area (Å²) < 4.78 is 0. The molecule has 2 aliphatic rings. The molecule has 2 amide bonds. The average molecular weight is 182 g/mol. The van der Waals surface area contributed by atoms with Crippen molar-refractivity contribution in [3.05, 3.63) is 0 Å². The first kappa shape index (κ1) is 8.53. The van der Waals surface area contributed by atoms with Crippen molar-refractivity contribution in [1.29, 1.82) is 0 Å². The number of nitrogens with one attached hydrogen (secondary N) is 1. The molecular weight excluding hydrogens is 168 g/mol. The average Bonchev–Trinajstić information content (AvgIpc) is 1.99. The van der Waals surface area contributed by atoms with Crippen LogP contribution in [0.1, 0.15) is 12.8 Å². The number of hydrogen-bond acceptors (Lipinski definition) is 2. The topological polar surface area (TPSA) is 49.4 Å². The van der Waals surface area contributed by atoms with Gasteiger partial charge in [0.2, 0.25) is 12.3 Å². The van der Waals surface area contributed by atoms with E-state index < -0.39 is 0 Å². The Labute approximate surface area is 77.3 Å². The van der Waals surface area contributed by atoms with Crippen LogP contribution < -0.4 is 5.32 Å². The maximum atomic E-state index is 11.2. The highest BCUT2D eigenvalue weighted by atomic mass is 16.2. The lowest BCUT2D eigenvalue weighted by atomic mass is 9.57. The Kier molecular flexibility index (Phi) is 1.78. The molecule has 0 aromatic rings. The van der Waals surface area contributed by atoms with Gasteiger partial charge in [-0.15, -0.1) is 0 Å². The van der Waals surface area contributed by atoms with E-state index in [-0.39, 0.29) is 11.8 Å². The van der Waals surface area contributed by atoms with Gasteiger partial charge in [0.15, 0.2) is 0 Å². The van der Waals surface area contributed by atoms with Crippen molar-refractivity contribution < 1.29 is 9.59 Å². The van der Waals surface area contributed by atoms with Crippen molar-refractivity contribution in [2.75, 3.05) is 20.1 Å². The third-order valence-electron chi connectivity index (χ3n) is 3.20. The van der Waals surface area contributed by atoms with Gasteiger partial charge < -0.3 is 10.2 Å². The summed E-state index contributed by atoms with van der Waals surface area (Å²) >= 11 is 0. The molecule has 0 radical (unpaired) electrons. The molecule has 1 N–H and O–H groups in total. The monoisotopic (exact) mass is 182 g/mol. The summed E-state index contributed by atoms with van der Waals surface area (Å²) in [6.45, 7) is 1.70. The summed E-state index contributed by atoms with van der Waals surface area (Å²) in [7, 11) is 1.67. The minimum Gasteiger partial charge on any atom is -0.359 e. The zero-order valence-electron chi connectivity index (χ0n) is 7.75. The fraction of sp³-hybridized carbons (Fsp3) is 0.778. The second-order valence-electron chi connectivity index (χ2n) is 4.23. The van der Waals surface area contributed by atoms with Gasteiger partial charge in [-0.1, -0.05) is 0 Å². The van der Waals surface area contributed by atoms with Crippen LogP contribution in [0.15, 0.2) is 0 Å². The quantitative estimate of drug-likeness (QED) is 0.591. The van der Waals surface area contributed by atoms with Crippen LogP contribution in [0.25, 0.3) is 0 Å². The van der Waals surface area contributed by atoms with Gasteiger partial charge in [-0.3, -0.25) is 9.59 Å². The van der Waals surface area contributed by atoms with Gasteiger partial charge >= 0.3 is 0 Å².